The summed E-state index contributed by atoms with van der Waals surface area (Å²) in [6.07, 6.45) is 0.918. The Morgan fingerprint density at radius 2 is 2.36 bits per heavy atom. The quantitative estimate of drug-likeness (QED) is 0.452. The first-order valence-electron chi connectivity index (χ1n) is 2.60. The van der Waals surface area contributed by atoms with Gasteiger partial charge < -0.3 is 14.9 Å². The number of hydrogen-bond acceptors (Lipinski definition) is 5. The molecule has 2 N–H and O–H groups in total. The van der Waals surface area contributed by atoms with Crippen molar-refractivity contribution >= 4 is 12.1 Å². The molecule has 0 unspecified atom stereocenters. The zero-order valence-electron chi connectivity index (χ0n) is 5.31. The van der Waals surface area contributed by atoms with Gasteiger partial charge in [-0.2, -0.15) is 0 Å². The number of ether oxygens (including phenoxy) is 1. The highest BCUT2D eigenvalue weighted by molar-refractivity contribution is 5.94. The summed E-state index contributed by atoms with van der Waals surface area (Å²) in [5, 5.41) is 0. The van der Waals surface area contributed by atoms with E-state index < -0.39 is 12.1 Å². The van der Waals surface area contributed by atoms with Crippen LogP contribution in [-0.4, -0.2) is 17.0 Å². The lowest BCUT2D eigenvalue weighted by Gasteiger charge is -1.92. The number of rotatable bonds is 1. The molecule has 1 rings (SSSR count). The maximum absolute atomic E-state index is 10.7. The summed E-state index contributed by atoms with van der Waals surface area (Å²) in [6.45, 7) is 0. The molecule has 0 bridgehead atoms. The molecule has 6 nitrogen and oxygen atoms in total. The zero-order valence-corrected chi connectivity index (χ0v) is 5.31. The number of esters is 1. The molecule has 1 amide bonds. The molecule has 1 aromatic heterocycles. The molecular formula is C5H4N2O4. The number of carbonyl (C=O) groups is 2. The third-order valence-corrected chi connectivity index (χ3v) is 0.835. The molecule has 0 aliphatic rings. The van der Waals surface area contributed by atoms with Crippen LogP contribution in [0.15, 0.2) is 17.1 Å². The Morgan fingerprint density at radius 3 is 2.82 bits per heavy atom. The number of oxazole rings is 1. The number of carbonyl (C=O) groups excluding carboxylic acids is 2. The molecule has 58 valence electrons. The van der Waals surface area contributed by atoms with Gasteiger partial charge in [0.1, 0.15) is 6.26 Å². The lowest BCUT2D eigenvalue weighted by molar-refractivity contribution is 0.0632. The molecule has 0 saturated heterocycles. The summed E-state index contributed by atoms with van der Waals surface area (Å²) in [5.41, 5.74) is 4.47. The minimum Gasteiger partial charge on any atom is -0.451 e. The van der Waals surface area contributed by atoms with Crippen LogP contribution >= 0.6 is 0 Å². The predicted molar refractivity (Wildman–Crippen MR) is 31.5 cm³/mol. The van der Waals surface area contributed by atoms with Crippen molar-refractivity contribution in [2.45, 2.75) is 0 Å². The van der Waals surface area contributed by atoms with Gasteiger partial charge >= 0.3 is 12.1 Å². The van der Waals surface area contributed by atoms with Crippen molar-refractivity contribution in [3.8, 4) is 0 Å². The Balaban J connectivity index is 2.64. The second-order valence-electron chi connectivity index (χ2n) is 1.58. The molecule has 11 heavy (non-hydrogen) atoms. The van der Waals surface area contributed by atoms with E-state index in [2.05, 4.69) is 19.9 Å². The van der Waals surface area contributed by atoms with Crippen LogP contribution in [-0.2, 0) is 4.74 Å². The van der Waals surface area contributed by atoms with Crippen molar-refractivity contribution in [1.82, 2.24) is 4.98 Å². The second-order valence-corrected chi connectivity index (χ2v) is 1.58. The second kappa shape index (κ2) is 2.82. The monoisotopic (exact) mass is 156 g/mol. The Kier molecular flexibility index (Phi) is 1.86. The smallest absolute Gasteiger partial charge is 0.412 e. The zero-order chi connectivity index (χ0) is 8.27. The summed E-state index contributed by atoms with van der Waals surface area (Å²) in [5.74, 6) is -0.925. The topological polar surface area (TPSA) is 95.4 Å². The van der Waals surface area contributed by atoms with E-state index in [0.29, 0.717) is 0 Å². The third-order valence-electron chi connectivity index (χ3n) is 0.835. The first-order chi connectivity index (χ1) is 5.20. The summed E-state index contributed by atoms with van der Waals surface area (Å²) in [7, 11) is 0. The van der Waals surface area contributed by atoms with Gasteiger partial charge in [0.25, 0.3) is 0 Å². The van der Waals surface area contributed by atoms with E-state index in [0.717, 1.165) is 12.7 Å². The van der Waals surface area contributed by atoms with E-state index in [-0.39, 0.29) is 5.69 Å². The molecule has 0 aliphatic carbocycles. The lowest BCUT2D eigenvalue weighted by atomic mass is 10.5. The van der Waals surface area contributed by atoms with Crippen molar-refractivity contribution in [1.29, 1.82) is 0 Å². The number of hydrogen-bond donors (Lipinski definition) is 1. The molecular weight excluding hydrogens is 152 g/mol. The van der Waals surface area contributed by atoms with E-state index in [9.17, 15) is 9.59 Å². The predicted octanol–water partition coefficient (Wildman–Crippen LogP) is -0.0899. The number of amides is 1. The van der Waals surface area contributed by atoms with Gasteiger partial charge in [0.2, 0.25) is 0 Å². The Labute approximate surface area is 61.0 Å². The largest absolute Gasteiger partial charge is 0.451 e. The molecule has 0 fully saturated rings. The van der Waals surface area contributed by atoms with Crippen molar-refractivity contribution in [3.63, 3.8) is 0 Å². The number of nitrogens with zero attached hydrogens (tertiary/aromatic N) is 1. The fraction of sp³-hybridized carbons (Fsp3) is 0. The maximum Gasteiger partial charge on any atom is 0.412 e. The Morgan fingerprint density at radius 1 is 1.64 bits per heavy atom. The van der Waals surface area contributed by atoms with Gasteiger partial charge in [-0.25, -0.2) is 14.6 Å². The first kappa shape index (κ1) is 7.26. The SMILES string of the molecule is NC(=O)OC(=O)c1cocn1. The van der Waals surface area contributed by atoms with Crippen molar-refractivity contribution in [2.75, 3.05) is 0 Å². The van der Waals surface area contributed by atoms with Gasteiger partial charge in [-0.1, -0.05) is 0 Å². The molecule has 0 radical (unpaired) electrons. The molecule has 1 aromatic rings. The van der Waals surface area contributed by atoms with Gasteiger partial charge in [0, 0.05) is 0 Å². The van der Waals surface area contributed by atoms with Crippen LogP contribution in [0.2, 0.25) is 0 Å². The number of aromatic nitrogens is 1. The van der Waals surface area contributed by atoms with Crippen LogP contribution in [0, 0.1) is 0 Å². The summed E-state index contributed by atoms with van der Waals surface area (Å²) in [4.78, 5) is 24.1. The highest BCUT2D eigenvalue weighted by atomic mass is 16.6. The first-order valence-corrected chi connectivity index (χ1v) is 2.60. The Hall–Kier alpha value is -1.85. The van der Waals surface area contributed by atoms with Gasteiger partial charge in [0.05, 0.1) is 0 Å². The van der Waals surface area contributed by atoms with Crippen LogP contribution in [0.4, 0.5) is 4.79 Å². The minimum absolute atomic E-state index is 0.0937. The van der Waals surface area contributed by atoms with Crippen LogP contribution in [0.5, 0.6) is 0 Å². The molecule has 0 aromatic carbocycles. The summed E-state index contributed by atoms with van der Waals surface area (Å²) >= 11 is 0. The van der Waals surface area contributed by atoms with Crippen LogP contribution in [0.1, 0.15) is 10.5 Å². The van der Waals surface area contributed by atoms with E-state index in [1.165, 1.54) is 0 Å². The van der Waals surface area contributed by atoms with Crippen LogP contribution in [0.3, 0.4) is 0 Å². The van der Waals surface area contributed by atoms with E-state index >= 15 is 0 Å². The van der Waals surface area contributed by atoms with Crippen LogP contribution in [0.25, 0.3) is 0 Å². The molecule has 0 saturated carbocycles. The average molecular weight is 156 g/mol. The summed E-state index contributed by atoms with van der Waals surface area (Å²) < 4.78 is 8.43. The van der Waals surface area contributed by atoms with Gasteiger partial charge in [-0.15, -0.1) is 0 Å². The average Bonchev–Trinajstić information content (AvgIpc) is 2.35. The highest BCUT2D eigenvalue weighted by Crippen LogP contribution is 1.96. The molecule has 0 spiro atoms. The highest BCUT2D eigenvalue weighted by Gasteiger charge is 2.12. The standard InChI is InChI=1S/C5H4N2O4/c6-5(9)11-4(8)3-1-10-2-7-3/h1-2H,(H2,6,9). The van der Waals surface area contributed by atoms with Gasteiger partial charge in [-0.3, -0.25) is 0 Å². The fourth-order valence-corrected chi connectivity index (χ4v) is 0.457. The molecule has 0 atom stereocenters. The van der Waals surface area contributed by atoms with Crippen molar-refractivity contribution in [3.05, 3.63) is 18.4 Å². The van der Waals surface area contributed by atoms with Crippen LogP contribution < -0.4 is 5.73 Å². The Bertz CT molecular complexity index is 266. The van der Waals surface area contributed by atoms with Crippen molar-refractivity contribution in [2.24, 2.45) is 5.73 Å². The minimum atomic E-state index is -1.17. The van der Waals surface area contributed by atoms with E-state index in [1.807, 2.05) is 0 Å². The number of nitrogens with two attached hydrogens (primary N) is 1. The number of primary amides is 1. The fourth-order valence-electron chi connectivity index (χ4n) is 0.457. The van der Waals surface area contributed by atoms with Gasteiger partial charge in [-0.05, 0) is 0 Å². The lowest BCUT2D eigenvalue weighted by Crippen LogP contribution is -2.18. The van der Waals surface area contributed by atoms with Crippen molar-refractivity contribution < 1.29 is 18.7 Å². The molecule has 1 heterocycles. The maximum atomic E-state index is 10.7. The summed E-state index contributed by atoms with van der Waals surface area (Å²) in [6, 6.07) is 0. The molecule has 6 heteroatoms. The molecule has 0 aliphatic heterocycles. The van der Waals surface area contributed by atoms with E-state index in [4.69, 9.17) is 0 Å². The van der Waals surface area contributed by atoms with E-state index in [1.54, 1.807) is 0 Å². The third kappa shape index (κ3) is 1.78. The van der Waals surface area contributed by atoms with Gasteiger partial charge in [0.15, 0.2) is 12.1 Å². The normalized spacial score (nSPS) is 9.09.